The summed E-state index contributed by atoms with van der Waals surface area (Å²) in [7, 11) is 0. The van der Waals surface area contributed by atoms with Crippen molar-refractivity contribution < 1.29 is 19.3 Å². The van der Waals surface area contributed by atoms with Crippen LogP contribution in [-0.2, 0) is 15.2 Å². The lowest BCUT2D eigenvalue weighted by atomic mass is 9.89. The fourth-order valence-corrected chi connectivity index (χ4v) is 3.17. The molecule has 7 nitrogen and oxygen atoms in total. The van der Waals surface area contributed by atoms with Crippen molar-refractivity contribution in [1.29, 1.82) is 0 Å². The molecule has 1 aliphatic heterocycles. The minimum absolute atomic E-state index is 0.0265. The zero-order chi connectivity index (χ0) is 17.4. The van der Waals surface area contributed by atoms with Crippen LogP contribution in [0.4, 0.5) is 5.69 Å². The molecule has 1 aliphatic rings. The molecule has 0 bridgehead atoms. The normalized spacial score (nSPS) is 23.5. The molecular formula is C16H20N2O5. The molecule has 1 heterocycles. The predicted octanol–water partition coefficient (Wildman–Crippen LogP) is 2.98. The molecule has 7 heteroatoms. The average molecular weight is 320 g/mol. The Hall–Kier alpha value is -2.28. The molecule has 1 aromatic carbocycles. The van der Waals surface area contributed by atoms with Gasteiger partial charge in [-0.1, -0.05) is 6.07 Å². The fraction of sp³-hybridized carbons (Fsp3) is 0.500. The highest BCUT2D eigenvalue weighted by molar-refractivity contribution is 5.81. The Morgan fingerprint density at radius 1 is 1.35 bits per heavy atom. The van der Waals surface area contributed by atoms with Crippen LogP contribution in [0.1, 0.15) is 56.5 Å². The summed E-state index contributed by atoms with van der Waals surface area (Å²) in [5.41, 5.74) is -0.661. The van der Waals surface area contributed by atoms with Crippen molar-refractivity contribution in [1.82, 2.24) is 5.06 Å². The number of nitro groups is 1. The second-order valence-electron chi connectivity index (χ2n) is 6.61. The van der Waals surface area contributed by atoms with Crippen LogP contribution in [0.3, 0.4) is 0 Å². The van der Waals surface area contributed by atoms with Gasteiger partial charge in [0, 0.05) is 13.0 Å². The van der Waals surface area contributed by atoms with Gasteiger partial charge in [0.2, 0.25) is 0 Å². The summed E-state index contributed by atoms with van der Waals surface area (Å²) in [6, 6.07) is 4.50. The first-order valence-corrected chi connectivity index (χ1v) is 7.35. The lowest BCUT2D eigenvalue weighted by Crippen LogP contribution is -2.48. The van der Waals surface area contributed by atoms with Gasteiger partial charge in [-0.3, -0.25) is 19.7 Å². The summed E-state index contributed by atoms with van der Waals surface area (Å²) in [4.78, 5) is 38.5. The van der Waals surface area contributed by atoms with Crippen molar-refractivity contribution >= 4 is 17.9 Å². The van der Waals surface area contributed by atoms with Crippen LogP contribution in [0, 0.1) is 10.1 Å². The topological polar surface area (TPSA) is 89.8 Å². The van der Waals surface area contributed by atoms with Crippen LogP contribution in [-0.4, -0.2) is 27.8 Å². The van der Waals surface area contributed by atoms with E-state index in [4.69, 9.17) is 4.84 Å². The van der Waals surface area contributed by atoms with E-state index in [0.717, 1.165) is 6.42 Å². The molecule has 0 amide bonds. The lowest BCUT2D eigenvalue weighted by molar-refractivity contribution is -0.385. The summed E-state index contributed by atoms with van der Waals surface area (Å²) >= 11 is 0. The average Bonchev–Trinajstić information content (AvgIpc) is 2.71. The number of hydrogen-bond acceptors (Lipinski definition) is 6. The smallest absolute Gasteiger partial charge is 0.322 e. The SMILES string of the molecule is CC(=O)ON1C(C)(C)CCC1(C)c1ccc(C=O)c([N+](=O)[O-])c1. The Morgan fingerprint density at radius 3 is 2.52 bits per heavy atom. The molecule has 0 aliphatic carbocycles. The first kappa shape index (κ1) is 17.1. The molecule has 0 radical (unpaired) electrons. The Kier molecular flexibility index (Phi) is 4.26. The molecule has 1 atom stereocenters. The van der Waals surface area contributed by atoms with Gasteiger partial charge >= 0.3 is 5.97 Å². The number of benzene rings is 1. The van der Waals surface area contributed by atoms with E-state index in [2.05, 4.69) is 0 Å². The third-order valence-electron chi connectivity index (χ3n) is 4.42. The van der Waals surface area contributed by atoms with Crippen LogP contribution in [0.2, 0.25) is 0 Å². The maximum Gasteiger partial charge on any atom is 0.322 e. The van der Waals surface area contributed by atoms with Gasteiger partial charge in [0.25, 0.3) is 5.69 Å². The van der Waals surface area contributed by atoms with Crippen LogP contribution in [0.15, 0.2) is 18.2 Å². The number of aldehydes is 1. The zero-order valence-corrected chi connectivity index (χ0v) is 13.7. The number of carbonyl (C=O) groups is 2. The molecular weight excluding hydrogens is 300 g/mol. The van der Waals surface area contributed by atoms with E-state index < -0.39 is 22.0 Å². The summed E-state index contributed by atoms with van der Waals surface area (Å²) in [6.45, 7) is 7.11. The van der Waals surface area contributed by atoms with E-state index in [1.54, 1.807) is 11.1 Å². The van der Waals surface area contributed by atoms with Crippen molar-refractivity contribution in [3.63, 3.8) is 0 Å². The minimum Gasteiger partial charge on any atom is -0.367 e. The van der Waals surface area contributed by atoms with E-state index >= 15 is 0 Å². The van der Waals surface area contributed by atoms with Crippen LogP contribution >= 0.6 is 0 Å². The molecule has 124 valence electrons. The van der Waals surface area contributed by atoms with Gasteiger partial charge in [-0.05, 0) is 45.2 Å². The zero-order valence-electron chi connectivity index (χ0n) is 13.7. The van der Waals surface area contributed by atoms with Crippen molar-refractivity contribution in [2.24, 2.45) is 0 Å². The van der Waals surface area contributed by atoms with E-state index in [-0.39, 0.29) is 11.3 Å². The summed E-state index contributed by atoms with van der Waals surface area (Å²) in [6.07, 6.45) is 1.90. The minimum atomic E-state index is -0.693. The van der Waals surface area contributed by atoms with Crippen molar-refractivity contribution in [3.05, 3.63) is 39.4 Å². The second kappa shape index (κ2) is 5.73. The molecule has 0 aromatic heterocycles. The van der Waals surface area contributed by atoms with Gasteiger partial charge in [-0.25, -0.2) is 0 Å². The van der Waals surface area contributed by atoms with Crippen molar-refractivity contribution in [3.8, 4) is 0 Å². The number of hydroxylamine groups is 2. The molecule has 0 spiro atoms. The highest BCUT2D eigenvalue weighted by Crippen LogP contribution is 2.47. The van der Waals surface area contributed by atoms with Gasteiger partial charge in [-0.15, -0.1) is 5.06 Å². The Labute approximate surface area is 134 Å². The summed E-state index contributed by atoms with van der Waals surface area (Å²) < 4.78 is 0. The molecule has 1 fully saturated rings. The lowest BCUT2D eigenvalue weighted by Gasteiger charge is -2.40. The van der Waals surface area contributed by atoms with Crippen LogP contribution in [0.25, 0.3) is 0 Å². The molecule has 1 saturated heterocycles. The molecule has 2 rings (SSSR count). The Balaban J connectivity index is 2.54. The number of nitro benzene ring substituents is 1. The first-order valence-electron chi connectivity index (χ1n) is 7.35. The second-order valence-corrected chi connectivity index (χ2v) is 6.61. The van der Waals surface area contributed by atoms with E-state index in [9.17, 15) is 19.7 Å². The van der Waals surface area contributed by atoms with Crippen LogP contribution < -0.4 is 0 Å². The number of hydrogen-bond donors (Lipinski definition) is 0. The maximum absolute atomic E-state index is 11.5. The molecule has 0 N–H and O–H groups in total. The van der Waals surface area contributed by atoms with Gasteiger partial charge in [0.1, 0.15) is 0 Å². The Bertz CT molecular complexity index is 670. The molecule has 0 saturated carbocycles. The number of rotatable bonds is 4. The monoisotopic (exact) mass is 320 g/mol. The highest BCUT2D eigenvalue weighted by Gasteiger charge is 2.51. The van der Waals surface area contributed by atoms with Crippen molar-refractivity contribution in [2.45, 2.75) is 51.6 Å². The standard InChI is InChI=1S/C16H20N2O5/c1-11(20)23-18-15(2,3)7-8-16(18,4)13-6-5-12(10-19)14(9-13)17(21)22/h5-6,9-10H,7-8H2,1-4H3. The van der Waals surface area contributed by atoms with Gasteiger partial charge in [-0.2, -0.15) is 0 Å². The van der Waals surface area contributed by atoms with Gasteiger partial charge in [0.15, 0.2) is 6.29 Å². The quantitative estimate of drug-likeness (QED) is 0.481. The van der Waals surface area contributed by atoms with E-state index in [1.807, 2.05) is 20.8 Å². The van der Waals surface area contributed by atoms with E-state index in [1.165, 1.54) is 19.1 Å². The largest absolute Gasteiger partial charge is 0.367 e. The maximum atomic E-state index is 11.5. The highest BCUT2D eigenvalue weighted by atomic mass is 16.7. The number of nitrogens with zero attached hydrogens (tertiary/aromatic N) is 2. The van der Waals surface area contributed by atoms with Crippen molar-refractivity contribution in [2.75, 3.05) is 0 Å². The molecule has 1 unspecified atom stereocenters. The van der Waals surface area contributed by atoms with Crippen LogP contribution in [0.5, 0.6) is 0 Å². The van der Waals surface area contributed by atoms with Gasteiger partial charge < -0.3 is 4.84 Å². The number of carbonyl (C=O) groups excluding carboxylic acids is 2. The summed E-state index contributed by atoms with van der Waals surface area (Å²) in [5, 5.41) is 12.8. The van der Waals surface area contributed by atoms with Gasteiger partial charge in [0.05, 0.1) is 21.6 Å². The first-order chi connectivity index (χ1) is 10.6. The predicted molar refractivity (Wildman–Crippen MR) is 82.8 cm³/mol. The third kappa shape index (κ3) is 2.96. The molecule has 1 aromatic rings. The molecule has 23 heavy (non-hydrogen) atoms. The fourth-order valence-electron chi connectivity index (χ4n) is 3.17. The third-order valence-corrected chi connectivity index (χ3v) is 4.42. The summed E-state index contributed by atoms with van der Waals surface area (Å²) in [5.74, 6) is -0.440. The van der Waals surface area contributed by atoms with E-state index in [0.29, 0.717) is 18.3 Å². The Morgan fingerprint density at radius 2 is 2.00 bits per heavy atom.